The zero-order valence-corrected chi connectivity index (χ0v) is 14.4. The second kappa shape index (κ2) is 7.04. The number of likely N-dealkylation sites (tertiary alicyclic amines) is 1. The Morgan fingerprint density at radius 3 is 2.71 bits per heavy atom. The summed E-state index contributed by atoms with van der Waals surface area (Å²) in [6, 6.07) is 13.8. The fraction of sp³-hybridized carbons (Fsp3) is 0.400. The molecule has 0 aromatic heterocycles. The molecule has 0 spiro atoms. The Balaban J connectivity index is 1.83. The van der Waals surface area contributed by atoms with Gasteiger partial charge in [-0.05, 0) is 36.6 Å². The molecular formula is C20H24N2O2. The van der Waals surface area contributed by atoms with Gasteiger partial charge in [0.05, 0.1) is 5.92 Å². The molecule has 1 aliphatic heterocycles. The second-order valence-electron chi connectivity index (χ2n) is 6.47. The highest BCUT2D eigenvalue weighted by Crippen LogP contribution is 2.24. The van der Waals surface area contributed by atoms with Gasteiger partial charge in [0.2, 0.25) is 5.91 Å². The van der Waals surface area contributed by atoms with Gasteiger partial charge in [-0.3, -0.25) is 9.59 Å². The van der Waals surface area contributed by atoms with Gasteiger partial charge in [0.1, 0.15) is 0 Å². The molecule has 0 aliphatic carbocycles. The van der Waals surface area contributed by atoms with E-state index in [1.807, 2.05) is 61.3 Å². The maximum Gasteiger partial charge on any atom is 0.254 e. The van der Waals surface area contributed by atoms with Crippen molar-refractivity contribution in [3.8, 4) is 0 Å². The Hall–Kier alpha value is -2.36. The molecule has 1 fully saturated rings. The van der Waals surface area contributed by atoms with Crippen molar-refractivity contribution in [2.45, 2.75) is 19.8 Å². The summed E-state index contributed by atoms with van der Waals surface area (Å²) in [5.74, 6) is 0.0963. The number of hydrogen-bond acceptors (Lipinski definition) is 2. The highest BCUT2D eigenvalue weighted by Gasteiger charge is 2.30. The SMILES string of the molecule is CCN(C)C(=O)C1CCCN(C(=O)c2cccc3ccccc23)C1. The van der Waals surface area contributed by atoms with Gasteiger partial charge in [-0.25, -0.2) is 0 Å². The molecule has 2 amide bonds. The van der Waals surface area contributed by atoms with Crippen molar-refractivity contribution in [1.29, 1.82) is 0 Å². The maximum atomic E-state index is 13.0. The van der Waals surface area contributed by atoms with Crippen LogP contribution in [-0.4, -0.2) is 48.3 Å². The molecule has 126 valence electrons. The molecule has 1 heterocycles. The molecule has 0 bridgehead atoms. The van der Waals surface area contributed by atoms with Gasteiger partial charge >= 0.3 is 0 Å². The molecule has 0 N–H and O–H groups in total. The molecule has 1 atom stereocenters. The first kappa shape index (κ1) is 16.5. The molecule has 0 radical (unpaired) electrons. The van der Waals surface area contributed by atoms with Crippen LogP contribution in [0, 0.1) is 5.92 Å². The Bertz CT molecular complexity index is 751. The number of piperidine rings is 1. The third-order valence-corrected chi connectivity index (χ3v) is 4.93. The zero-order valence-electron chi connectivity index (χ0n) is 14.4. The van der Waals surface area contributed by atoms with Crippen LogP contribution < -0.4 is 0 Å². The smallest absolute Gasteiger partial charge is 0.254 e. The maximum absolute atomic E-state index is 13.0. The van der Waals surface area contributed by atoms with E-state index in [1.54, 1.807) is 4.90 Å². The number of rotatable bonds is 3. The number of carbonyl (C=O) groups excluding carboxylic acids is 2. The minimum Gasteiger partial charge on any atom is -0.346 e. The summed E-state index contributed by atoms with van der Waals surface area (Å²) in [4.78, 5) is 29.0. The average molecular weight is 324 g/mol. The summed E-state index contributed by atoms with van der Waals surface area (Å²) in [6.07, 6.45) is 1.74. The molecule has 2 aromatic carbocycles. The van der Waals surface area contributed by atoms with E-state index in [9.17, 15) is 9.59 Å². The lowest BCUT2D eigenvalue weighted by Crippen LogP contribution is -2.45. The van der Waals surface area contributed by atoms with Crippen LogP contribution in [0.3, 0.4) is 0 Å². The summed E-state index contributed by atoms with van der Waals surface area (Å²) in [7, 11) is 1.83. The fourth-order valence-electron chi connectivity index (χ4n) is 3.41. The van der Waals surface area contributed by atoms with Crippen LogP contribution in [0.25, 0.3) is 10.8 Å². The monoisotopic (exact) mass is 324 g/mol. The number of nitrogens with zero attached hydrogens (tertiary/aromatic N) is 2. The van der Waals surface area contributed by atoms with Crippen LogP contribution in [0.4, 0.5) is 0 Å². The largest absolute Gasteiger partial charge is 0.346 e. The summed E-state index contributed by atoms with van der Waals surface area (Å²) < 4.78 is 0. The Morgan fingerprint density at radius 2 is 1.92 bits per heavy atom. The lowest BCUT2D eigenvalue weighted by atomic mass is 9.95. The van der Waals surface area contributed by atoms with E-state index in [4.69, 9.17) is 0 Å². The molecule has 24 heavy (non-hydrogen) atoms. The summed E-state index contributed by atoms with van der Waals surface area (Å²) in [5, 5.41) is 2.04. The first-order valence-electron chi connectivity index (χ1n) is 8.64. The van der Waals surface area contributed by atoms with Gasteiger partial charge in [-0.15, -0.1) is 0 Å². The van der Waals surface area contributed by atoms with Crippen molar-refractivity contribution in [3.63, 3.8) is 0 Å². The normalized spacial score (nSPS) is 17.8. The molecule has 2 aromatic rings. The van der Waals surface area contributed by atoms with Crippen molar-refractivity contribution in [2.24, 2.45) is 5.92 Å². The number of hydrogen-bond donors (Lipinski definition) is 0. The van der Waals surface area contributed by atoms with Crippen LogP contribution in [0.15, 0.2) is 42.5 Å². The van der Waals surface area contributed by atoms with Crippen LogP contribution in [0.2, 0.25) is 0 Å². The van der Waals surface area contributed by atoms with E-state index in [0.29, 0.717) is 13.1 Å². The van der Waals surface area contributed by atoms with Gasteiger partial charge in [-0.2, -0.15) is 0 Å². The van der Waals surface area contributed by atoms with Crippen molar-refractivity contribution in [1.82, 2.24) is 9.80 Å². The number of benzene rings is 2. The van der Waals surface area contributed by atoms with Crippen molar-refractivity contribution < 1.29 is 9.59 Å². The minimum atomic E-state index is -0.0809. The Labute approximate surface area is 143 Å². The van der Waals surface area contributed by atoms with E-state index in [2.05, 4.69) is 0 Å². The van der Waals surface area contributed by atoms with Crippen molar-refractivity contribution in [2.75, 3.05) is 26.7 Å². The van der Waals surface area contributed by atoms with Crippen LogP contribution in [0.5, 0.6) is 0 Å². The summed E-state index contributed by atoms with van der Waals surface area (Å²) in [5.41, 5.74) is 0.727. The average Bonchev–Trinajstić information content (AvgIpc) is 2.65. The van der Waals surface area contributed by atoms with Crippen molar-refractivity contribution >= 4 is 22.6 Å². The first-order valence-corrected chi connectivity index (χ1v) is 8.64. The molecule has 0 saturated carbocycles. The molecule has 4 heteroatoms. The highest BCUT2D eigenvalue weighted by molar-refractivity contribution is 6.07. The first-order chi connectivity index (χ1) is 11.6. The number of carbonyl (C=O) groups is 2. The third-order valence-electron chi connectivity index (χ3n) is 4.93. The van der Waals surface area contributed by atoms with Gasteiger partial charge in [-0.1, -0.05) is 36.4 Å². The summed E-state index contributed by atoms with van der Waals surface area (Å²) in [6.45, 7) is 3.92. The quantitative estimate of drug-likeness (QED) is 0.870. The molecular weight excluding hydrogens is 300 g/mol. The van der Waals surface area contributed by atoms with Crippen LogP contribution >= 0.6 is 0 Å². The predicted molar refractivity (Wildman–Crippen MR) is 95.9 cm³/mol. The van der Waals surface area contributed by atoms with Gasteiger partial charge in [0.25, 0.3) is 5.91 Å². The van der Waals surface area contributed by atoms with Gasteiger partial charge < -0.3 is 9.80 Å². The lowest BCUT2D eigenvalue weighted by molar-refractivity contribution is -0.135. The Kier molecular flexibility index (Phi) is 4.84. The van der Waals surface area contributed by atoms with Gasteiger partial charge in [0, 0.05) is 32.2 Å². The summed E-state index contributed by atoms with van der Waals surface area (Å²) >= 11 is 0. The van der Waals surface area contributed by atoms with E-state index >= 15 is 0 Å². The van der Waals surface area contributed by atoms with E-state index in [-0.39, 0.29) is 17.7 Å². The highest BCUT2D eigenvalue weighted by atomic mass is 16.2. The number of amides is 2. The zero-order chi connectivity index (χ0) is 17.1. The minimum absolute atomic E-state index is 0.0310. The van der Waals surface area contributed by atoms with Crippen molar-refractivity contribution in [3.05, 3.63) is 48.0 Å². The molecule has 1 aliphatic rings. The van der Waals surface area contributed by atoms with Crippen LogP contribution in [0.1, 0.15) is 30.1 Å². The standard InChI is InChI=1S/C20H24N2O2/c1-3-21(2)19(23)16-10-7-13-22(14-16)20(24)18-12-6-9-15-8-4-5-11-17(15)18/h4-6,8-9,11-12,16H,3,7,10,13-14H2,1-2H3. The van der Waals surface area contributed by atoms with E-state index < -0.39 is 0 Å². The van der Waals surface area contributed by atoms with Gasteiger partial charge in [0.15, 0.2) is 0 Å². The Morgan fingerprint density at radius 1 is 1.17 bits per heavy atom. The topological polar surface area (TPSA) is 40.6 Å². The lowest BCUT2D eigenvalue weighted by Gasteiger charge is -2.34. The fourth-order valence-corrected chi connectivity index (χ4v) is 3.41. The second-order valence-corrected chi connectivity index (χ2v) is 6.47. The van der Waals surface area contributed by atoms with E-state index in [0.717, 1.165) is 35.7 Å². The number of fused-ring (bicyclic) bond motifs is 1. The van der Waals surface area contributed by atoms with E-state index in [1.165, 1.54) is 0 Å². The molecule has 4 nitrogen and oxygen atoms in total. The molecule has 1 saturated heterocycles. The van der Waals surface area contributed by atoms with Crippen LogP contribution in [-0.2, 0) is 4.79 Å². The predicted octanol–water partition coefficient (Wildman–Crippen LogP) is 3.17. The molecule has 3 rings (SSSR count). The molecule has 1 unspecified atom stereocenters. The third kappa shape index (κ3) is 3.14.